The molecule has 1 amide bonds. The van der Waals surface area contributed by atoms with E-state index in [1.807, 2.05) is 25.1 Å². The Morgan fingerprint density at radius 2 is 2.14 bits per heavy atom. The summed E-state index contributed by atoms with van der Waals surface area (Å²) >= 11 is 0. The summed E-state index contributed by atoms with van der Waals surface area (Å²) < 4.78 is 11.9. The number of rotatable bonds is 2. The van der Waals surface area contributed by atoms with Gasteiger partial charge in [-0.25, -0.2) is 4.79 Å². The van der Waals surface area contributed by atoms with Crippen molar-refractivity contribution in [1.82, 2.24) is 9.88 Å². The van der Waals surface area contributed by atoms with Gasteiger partial charge in [-0.1, -0.05) is 37.3 Å². The van der Waals surface area contributed by atoms with E-state index in [2.05, 4.69) is 30.1 Å². The van der Waals surface area contributed by atoms with Gasteiger partial charge in [0, 0.05) is 23.0 Å². The second kappa shape index (κ2) is 5.11. The van der Waals surface area contributed by atoms with Crippen LogP contribution in [0.4, 0.5) is 0 Å². The fourth-order valence-electron chi connectivity index (χ4n) is 6.40. The molecule has 0 radical (unpaired) electrons. The fourth-order valence-corrected chi connectivity index (χ4v) is 6.40. The number of aromatic amines is 1. The Morgan fingerprint density at radius 3 is 2.90 bits per heavy atom. The minimum atomic E-state index is -0.775. The number of carbonyl (C=O) groups is 2. The van der Waals surface area contributed by atoms with Crippen LogP contribution in [0.15, 0.2) is 36.4 Å². The van der Waals surface area contributed by atoms with Crippen LogP contribution in [0.5, 0.6) is 0 Å². The highest BCUT2D eigenvalue weighted by atomic mass is 16.5. The van der Waals surface area contributed by atoms with Gasteiger partial charge in [-0.2, -0.15) is 0 Å². The first-order valence-corrected chi connectivity index (χ1v) is 10.3. The van der Waals surface area contributed by atoms with Crippen LogP contribution in [0.25, 0.3) is 10.9 Å². The van der Waals surface area contributed by atoms with E-state index in [9.17, 15) is 9.59 Å². The monoisotopic (exact) mass is 392 g/mol. The largest absolute Gasteiger partial charge is 0.467 e. The summed E-state index contributed by atoms with van der Waals surface area (Å²) in [5.74, 6) is -0.384. The average Bonchev–Trinajstić information content (AvgIpc) is 3.42. The number of hydrogen-bond acceptors (Lipinski definition) is 4. The third-order valence-corrected chi connectivity index (χ3v) is 7.84. The van der Waals surface area contributed by atoms with Gasteiger partial charge >= 0.3 is 5.97 Å². The zero-order chi connectivity index (χ0) is 20.2. The maximum atomic E-state index is 13.8. The van der Waals surface area contributed by atoms with Crippen LogP contribution in [-0.2, 0) is 25.5 Å². The number of carbonyl (C=O) groups excluding carboxylic acids is 2. The number of ether oxygens (including phenoxy) is 2. The SMILES string of the molecule is CC[C@]12C=C[C@@]3(O1)[C@@H]1c4[nH]c5ccccc5c4C[C@@H](C(=O)OC)N1C(=O)[C@]3(C)C2. The summed E-state index contributed by atoms with van der Waals surface area (Å²) in [7, 11) is 1.39. The lowest BCUT2D eigenvalue weighted by Crippen LogP contribution is -2.51. The van der Waals surface area contributed by atoms with E-state index in [1.54, 1.807) is 4.90 Å². The Hall–Kier alpha value is -2.60. The van der Waals surface area contributed by atoms with E-state index in [4.69, 9.17) is 9.47 Å². The van der Waals surface area contributed by atoms with Crippen molar-refractivity contribution in [3.05, 3.63) is 47.7 Å². The van der Waals surface area contributed by atoms with Crippen LogP contribution < -0.4 is 0 Å². The highest BCUT2D eigenvalue weighted by molar-refractivity contribution is 5.96. The van der Waals surface area contributed by atoms with E-state index in [-0.39, 0.29) is 17.9 Å². The topological polar surface area (TPSA) is 71.6 Å². The molecule has 5 heterocycles. The third kappa shape index (κ3) is 1.74. The number of H-pyrrole nitrogens is 1. The highest BCUT2D eigenvalue weighted by Crippen LogP contribution is 2.69. The lowest BCUT2D eigenvalue weighted by molar-refractivity contribution is -0.156. The molecule has 1 spiro atoms. The number of fused-ring (bicyclic) bond motifs is 6. The van der Waals surface area contributed by atoms with Gasteiger partial charge in [0.25, 0.3) is 0 Å². The average molecular weight is 392 g/mol. The van der Waals surface area contributed by atoms with Gasteiger partial charge in [0.15, 0.2) is 0 Å². The zero-order valence-corrected chi connectivity index (χ0v) is 16.8. The molecule has 1 N–H and O–H groups in total. The second-order valence-corrected chi connectivity index (χ2v) is 9.08. The van der Waals surface area contributed by atoms with E-state index in [0.29, 0.717) is 12.8 Å². The predicted octanol–water partition coefficient (Wildman–Crippen LogP) is 3.03. The van der Waals surface area contributed by atoms with Crippen molar-refractivity contribution in [2.24, 2.45) is 5.41 Å². The summed E-state index contributed by atoms with van der Waals surface area (Å²) in [6.07, 6.45) is 6.14. The molecule has 4 aliphatic rings. The van der Waals surface area contributed by atoms with Crippen molar-refractivity contribution < 1.29 is 19.1 Å². The molecule has 2 fully saturated rings. The minimum Gasteiger partial charge on any atom is -0.467 e. The minimum absolute atomic E-state index is 0.0121. The normalized spacial score (nSPS) is 39.0. The van der Waals surface area contributed by atoms with Gasteiger partial charge in [0.05, 0.1) is 18.1 Å². The van der Waals surface area contributed by atoms with E-state index < -0.39 is 22.7 Å². The molecule has 4 aliphatic heterocycles. The van der Waals surface area contributed by atoms with E-state index >= 15 is 0 Å². The van der Waals surface area contributed by atoms with Crippen LogP contribution in [0.1, 0.15) is 44.0 Å². The summed E-state index contributed by atoms with van der Waals surface area (Å²) in [5.41, 5.74) is 1.21. The van der Waals surface area contributed by atoms with Crippen molar-refractivity contribution in [1.29, 1.82) is 0 Å². The van der Waals surface area contributed by atoms with Crippen molar-refractivity contribution >= 4 is 22.8 Å². The van der Waals surface area contributed by atoms with Crippen LogP contribution in [0, 0.1) is 5.41 Å². The highest BCUT2D eigenvalue weighted by Gasteiger charge is 2.78. The number of hydrogen-bond donors (Lipinski definition) is 1. The van der Waals surface area contributed by atoms with Gasteiger partial charge < -0.3 is 19.4 Å². The predicted molar refractivity (Wildman–Crippen MR) is 106 cm³/mol. The number of nitrogens with zero attached hydrogens (tertiary/aromatic N) is 1. The maximum Gasteiger partial charge on any atom is 0.328 e. The smallest absolute Gasteiger partial charge is 0.328 e. The first kappa shape index (κ1) is 17.3. The second-order valence-electron chi connectivity index (χ2n) is 9.08. The van der Waals surface area contributed by atoms with Crippen LogP contribution in [0.2, 0.25) is 0 Å². The first-order valence-electron chi connectivity index (χ1n) is 10.3. The number of nitrogens with one attached hydrogen (secondary N) is 1. The maximum absolute atomic E-state index is 13.8. The lowest BCUT2D eigenvalue weighted by Gasteiger charge is -2.41. The van der Waals surface area contributed by atoms with Crippen molar-refractivity contribution in [2.75, 3.05) is 7.11 Å². The van der Waals surface area contributed by atoms with Gasteiger partial charge in [-0.05, 0) is 31.4 Å². The standard InChI is InChI=1S/C23H24N2O4/c1-4-22-9-10-23(29-22)18-17-14(13-7-5-6-8-15(13)24-17)11-16(19(26)28-3)25(18)20(27)21(23,2)12-22/h5-10,16,18,24H,4,11-12H2,1-3H3/t16-,18-,21-,22+,23+/m0/s1. The lowest BCUT2D eigenvalue weighted by atomic mass is 9.66. The Kier molecular flexibility index (Phi) is 3.04. The molecule has 2 aromatic rings. The van der Waals surface area contributed by atoms with Gasteiger partial charge in [0.1, 0.15) is 17.7 Å². The molecule has 0 aliphatic carbocycles. The van der Waals surface area contributed by atoms with Crippen LogP contribution in [-0.4, -0.2) is 46.1 Å². The number of benzene rings is 1. The van der Waals surface area contributed by atoms with Crippen molar-refractivity contribution in [3.8, 4) is 0 Å². The number of para-hydroxylation sites is 1. The molecule has 2 saturated heterocycles. The molecule has 29 heavy (non-hydrogen) atoms. The molecule has 6 nitrogen and oxygen atoms in total. The van der Waals surface area contributed by atoms with Crippen molar-refractivity contribution in [2.45, 2.75) is 56.4 Å². The fraction of sp³-hybridized carbons (Fsp3) is 0.478. The van der Waals surface area contributed by atoms with Crippen molar-refractivity contribution in [3.63, 3.8) is 0 Å². The molecular formula is C23H24N2O4. The van der Waals surface area contributed by atoms with Crippen LogP contribution in [0.3, 0.4) is 0 Å². The number of methoxy groups -OCH3 is 1. The Morgan fingerprint density at radius 1 is 1.34 bits per heavy atom. The molecule has 6 heteroatoms. The number of aromatic nitrogens is 1. The third-order valence-electron chi connectivity index (χ3n) is 7.84. The summed E-state index contributed by atoms with van der Waals surface area (Å²) in [5, 5.41) is 1.09. The molecule has 6 rings (SSSR count). The Labute approximate surface area is 168 Å². The zero-order valence-electron chi connectivity index (χ0n) is 16.8. The van der Waals surface area contributed by atoms with Crippen LogP contribution >= 0.6 is 0 Å². The quantitative estimate of drug-likeness (QED) is 0.630. The molecule has 0 unspecified atom stereocenters. The molecule has 1 aromatic carbocycles. The molecule has 1 aromatic heterocycles. The Bertz CT molecular complexity index is 1120. The molecule has 5 atom stereocenters. The molecule has 150 valence electrons. The number of amides is 1. The summed E-state index contributed by atoms with van der Waals surface area (Å²) in [6, 6.07) is 7.09. The summed E-state index contributed by atoms with van der Waals surface area (Å²) in [6.45, 7) is 4.10. The number of esters is 1. The van der Waals surface area contributed by atoms with E-state index in [1.165, 1.54) is 7.11 Å². The van der Waals surface area contributed by atoms with E-state index in [0.717, 1.165) is 28.6 Å². The Balaban J connectivity index is 1.64. The first-order chi connectivity index (χ1) is 13.9. The van der Waals surface area contributed by atoms with Gasteiger partial charge in [-0.15, -0.1) is 0 Å². The van der Waals surface area contributed by atoms with Gasteiger partial charge in [-0.3, -0.25) is 4.79 Å². The molecular weight excluding hydrogens is 368 g/mol. The summed E-state index contributed by atoms with van der Waals surface area (Å²) in [4.78, 5) is 31.9. The molecule has 0 saturated carbocycles. The van der Waals surface area contributed by atoms with Gasteiger partial charge in [0.2, 0.25) is 5.91 Å². The molecule has 2 bridgehead atoms.